The molecule has 6 rings (SSSR count). The molecule has 1 aliphatic rings. The first-order valence-electron chi connectivity index (χ1n) is 14.6. The van der Waals surface area contributed by atoms with Crippen LogP contribution in [0.15, 0.2) is 107 Å². The lowest BCUT2D eigenvalue weighted by atomic mass is 10.00. The van der Waals surface area contributed by atoms with Gasteiger partial charge in [0.25, 0.3) is 11.8 Å². The number of nitrogens with one attached hydrogen (secondary N) is 1. The first-order valence-corrected chi connectivity index (χ1v) is 16.4. The van der Waals surface area contributed by atoms with Crippen LogP contribution in [0.25, 0.3) is 0 Å². The van der Waals surface area contributed by atoms with Crippen molar-refractivity contribution in [2.75, 3.05) is 5.75 Å². The Kier molecular flexibility index (Phi) is 9.46. The normalized spacial score (nSPS) is 14.4. The number of thiophene rings is 1. The highest BCUT2D eigenvalue weighted by atomic mass is 32.2. The van der Waals surface area contributed by atoms with E-state index in [1.54, 1.807) is 22.4 Å². The van der Waals surface area contributed by atoms with Crippen LogP contribution in [0.2, 0.25) is 0 Å². The number of nitrogens with zero attached hydrogens (tertiary/aromatic N) is 5. The van der Waals surface area contributed by atoms with E-state index >= 15 is 0 Å². The largest absolute Gasteiger partial charge is 0.345 e. The predicted octanol–water partition coefficient (Wildman–Crippen LogP) is 6.43. The Morgan fingerprint density at radius 2 is 1.82 bits per heavy atom. The zero-order chi connectivity index (χ0) is 31.2. The Morgan fingerprint density at radius 1 is 1.00 bits per heavy atom. The second-order valence-corrected chi connectivity index (χ2v) is 12.6. The van der Waals surface area contributed by atoms with Crippen molar-refractivity contribution < 1.29 is 14.0 Å². The van der Waals surface area contributed by atoms with Gasteiger partial charge in [0.2, 0.25) is 0 Å². The fourth-order valence-electron chi connectivity index (χ4n) is 5.13. The maximum Gasteiger partial charge on any atom is 0.253 e. The minimum atomic E-state index is -0.480. The number of hydrogen-bond acceptors (Lipinski definition) is 7. The predicted molar refractivity (Wildman–Crippen MR) is 175 cm³/mol. The Balaban J connectivity index is 1.19. The van der Waals surface area contributed by atoms with Crippen molar-refractivity contribution in [3.63, 3.8) is 0 Å². The van der Waals surface area contributed by atoms with Gasteiger partial charge in [-0.1, -0.05) is 84.1 Å². The number of rotatable bonds is 11. The Morgan fingerprint density at radius 3 is 2.58 bits per heavy atom. The summed E-state index contributed by atoms with van der Waals surface area (Å²) in [6.45, 7) is 2.69. The molecule has 11 heteroatoms. The third-order valence-corrected chi connectivity index (χ3v) is 9.38. The van der Waals surface area contributed by atoms with Gasteiger partial charge in [0.15, 0.2) is 11.0 Å². The van der Waals surface area contributed by atoms with Crippen LogP contribution in [-0.2, 0) is 24.3 Å². The van der Waals surface area contributed by atoms with Crippen LogP contribution < -0.4 is 5.32 Å². The number of amides is 2. The van der Waals surface area contributed by atoms with E-state index < -0.39 is 11.7 Å². The lowest BCUT2D eigenvalue weighted by Gasteiger charge is -2.22. The van der Waals surface area contributed by atoms with Gasteiger partial charge in [-0.05, 0) is 54.1 Å². The molecule has 8 nitrogen and oxygen atoms in total. The molecule has 0 saturated carbocycles. The fourth-order valence-corrected chi connectivity index (χ4v) is 6.69. The number of thioether (sulfide) groups is 1. The molecule has 3 aromatic carbocycles. The van der Waals surface area contributed by atoms with Gasteiger partial charge in [-0.25, -0.2) is 9.40 Å². The number of halogens is 1. The number of aryl methyl sites for hydroxylation is 2. The number of carbonyl (C=O) groups excluding carboxylic acids is 2. The summed E-state index contributed by atoms with van der Waals surface area (Å²) in [5.74, 6) is -0.362. The molecule has 2 amide bonds. The molecule has 45 heavy (non-hydrogen) atoms. The van der Waals surface area contributed by atoms with Crippen molar-refractivity contribution in [2.45, 2.75) is 44.1 Å². The summed E-state index contributed by atoms with van der Waals surface area (Å²) >= 11 is 2.91. The van der Waals surface area contributed by atoms with E-state index in [1.807, 2.05) is 59.3 Å². The van der Waals surface area contributed by atoms with E-state index in [-0.39, 0.29) is 29.8 Å². The van der Waals surface area contributed by atoms with E-state index in [9.17, 15) is 14.0 Å². The molecule has 0 spiro atoms. The zero-order valence-corrected chi connectivity index (χ0v) is 26.2. The van der Waals surface area contributed by atoms with E-state index in [2.05, 4.69) is 39.8 Å². The molecule has 1 N–H and O–H groups in total. The molecule has 3 heterocycles. The monoisotopic (exact) mass is 638 g/mol. The van der Waals surface area contributed by atoms with Crippen LogP contribution in [-0.4, -0.2) is 43.1 Å². The summed E-state index contributed by atoms with van der Waals surface area (Å²) in [6.07, 6.45) is 1.35. The summed E-state index contributed by atoms with van der Waals surface area (Å²) < 4.78 is 15.6. The summed E-state index contributed by atoms with van der Waals surface area (Å²) in [7, 11) is 0. The van der Waals surface area contributed by atoms with Gasteiger partial charge >= 0.3 is 0 Å². The van der Waals surface area contributed by atoms with E-state index in [0.29, 0.717) is 30.4 Å². The standard InChI is InChI=1S/C34H31FN6O2S2/c1-23-12-14-25(15-13-23)29-20-28(30-11-6-18-44-30)39-41(29)32(42)22-45-34-38-37-31(40(34)17-16-24-7-3-2-4-8-24)21-36-33(43)26-9-5-10-27(35)19-26/h2-15,18-19,29H,16-17,20-22H2,1H3,(H,36,43)/t29-/m1/s1. The van der Waals surface area contributed by atoms with Gasteiger partial charge in [0, 0.05) is 18.5 Å². The van der Waals surface area contributed by atoms with Crippen LogP contribution in [0.3, 0.4) is 0 Å². The van der Waals surface area contributed by atoms with Crippen molar-refractivity contribution in [1.82, 2.24) is 25.1 Å². The van der Waals surface area contributed by atoms with Crippen molar-refractivity contribution in [3.05, 3.63) is 135 Å². The van der Waals surface area contributed by atoms with Crippen molar-refractivity contribution >= 4 is 40.6 Å². The molecule has 0 fully saturated rings. The van der Waals surface area contributed by atoms with E-state index in [4.69, 9.17) is 5.10 Å². The maximum absolute atomic E-state index is 13.7. The Hall–Kier alpha value is -4.61. The van der Waals surface area contributed by atoms with Crippen LogP contribution in [0, 0.1) is 12.7 Å². The number of hydrazone groups is 1. The summed E-state index contributed by atoms with van der Waals surface area (Å²) in [5.41, 5.74) is 4.46. The minimum Gasteiger partial charge on any atom is -0.345 e. The molecule has 5 aromatic rings. The number of carbonyl (C=O) groups is 2. The zero-order valence-electron chi connectivity index (χ0n) is 24.6. The summed E-state index contributed by atoms with van der Waals surface area (Å²) in [5, 5.41) is 20.6. The second-order valence-electron chi connectivity index (χ2n) is 10.7. The van der Waals surface area contributed by atoms with Crippen LogP contribution in [0.4, 0.5) is 4.39 Å². The molecule has 1 atom stereocenters. The minimum absolute atomic E-state index is 0.0989. The van der Waals surface area contributed by atoms with E-state index in [1.165, 1.54) is 30.0 Å². The maximum atomic E-state index is 13.7. The highest BCUT2D eigenvalue weighted by Crippen LogP contribution is 2.35. The summed E-state index contributed by atoms with van der Waals surface area (Å²) in [6, 6.07) is 27.6. The molecule has 1 aliphatic heterocycles. The molecular weight excluding hydrogens is 608 g/mol. The van der Waals surface area contributed by atoms with Crippen molar-refractivity contribution in [1.29, 1.82) is 0 Å². The molecule has 0 aliphatic carbocycles. The second kappa shape index (κ2) is 14.0. The third kappa shape index (κ3) is 7.38. The van der Waals surface area contributed by atoms with Gasteiger partial charge in [-0.15, -0.1) is 21.5 Å². The quantitative estimate of drug-likeness (QED) is 0.168. The molecule has 0 bridgehead atoms. The van der Waals surface area contributed by atoms with Gasteiger partial charge in [0.05, 0.1) is 28.9 Å². The average molecular weight is 639 g/mol. The highest BCUT2D eigenvalue weighted by Gasteiger charge is 2.33. The van der Waals surface area contributed by atoms with Gasteiger partial charge in [0.1, 0.15) is 5.82 Å². The Bertz CT molecular complexity index is 1810. The highest BCUT2D eigenvalue weighted by molar-refractivity contribution is 7.99. The van der Waals surface area contributed by atoms with Crippen LogP contribution in [0.1, 0.15) is 50.2 Å². The molecule has 0 unspecified atom stereocenters. The molecule has 0 saturated heterocycles. The van der Waals surface area contributed by atoms with E-state index in [0.717, 1.165) is 27.3 Å². The molecular formula is C34H31FN6O2S2. The first-order chi connectivity index (χ1) is 21.9. The smallest absolute Gasteiger partial charge is 0.253 e. The van der Waals surface area contributed by atoms with Gasteiger partial charge < -0.3 is 9.88 Å². The molecule has 2 aromatic heterocycles. The average Bonchev–Trinajstić information content (AvgIpc) is 3.83. The SMILES string of the molecule is Cc1ccc([C@H]2CC(c3cccs3)=NN2C(=O)CSc2nnc(CNC(=O)c3cccc(F)c3)n2CCc2ccccc2)cc1. The summed E-state index contributed by atoms with van der Waals surface area (Å²) in [4.78, 5) is 27.5. The number of aromatic nitrogens is 3. The number of hydrogen-bond donors (Lipinski definition) is 1. The van der Waals surface area contributed by atoms with Crippen molar-refractivity contribution in [3.8, 4) is 0 Å². The van der Waals surface area contributed by atoms with Crippen LogP contribution in [0.5, 0.6) is 0 Å². The van der Waals surface area contributed by atoms with Gasteiger partial charge in [-0.3, -0.25) is 9.59 Å². The van der Waals surface area contributed by atoms with Crippen molar-refractivity contribution in [2.24, 2.45) is 5.10 Å². The Labute approximate surface area is 269 Å². The van der Waals surface area contributed by atoms with Crippen LogP contribution >= 0.6 is 23.1 Å². The molecule has 228 valence electrons. The van der Waals surface area contributed by atoms with Gasteiger partial charge in [-0.2, -0.15) is 5.10 Å². The lowest BCUT2D eigenvalue weighted by Crippen LogP contribution is -2.28. The fraction of sp³-hybridized carbons (Fsp3) is 0.206. The first kappa shape index (κ1) is 30.4. The third-order valence-electron chi connectivity index (χ3n) is 7.51. The lowest BCUT2D eigenvalue weighted by molar-refractivity contribution is -0.130. The number of benzene rings is 3. The molecule has 0 radical (unpaired) electrons. The topological polar surface area (TPSA) is 92.5 Å².